The summed E-state index contributed by atoms with van der Waals surface area (Å²) in [5.74, 6) is 0.320. The number of hydrogen-bond donors (Lipinski definition) is 2. The molecule has 1 fully saturated rings. The van der Waals surface area contributed by atoms with Gasteiger partial charge in [0.1, 0.15) is 0 Å². The first-order valence-electron chi connectivity index (χ1n) is 8.78. The van der Waals surface area contributed by atoms with Crippen LogP contribution in [0.1, 0.15) is 4.88 Å². The van der Waals surface area contributed by atoms with Crippen molar-refractivity contribution in [2.75, 3.05) is 31.5 Å². The smallest absolute Gasteiger partial charge is 0.391 e. The van der Waals surface area contributed by atoms with Crippen LogP contribution >= 0.6 is 11.3 Å². The quantitative estimate of drug-likeness (QED) is 0.679. The third kappa shape index (κ3) is 2.92. The van der Waals surface area contributed by atoms with Crippen LogP contribution in [0.4, 0.5) is 10.5 Å². The molecule has 1 aromatic carbocycles. The Kier molecular flexibility index (Phi) is 3.99. The molecule has 1 amide bonds. The number of aliphatic imine (C=N–C) groups is 1. The minimum Gasteiger partial charge on any atom is -0.391 e. The van der Waals surface area contributed by atoms with E-state index in [1.807, 2.05) is 30.6 Å². The molecule has 27 heavy (non-hydrogen) atoms. The van der Waals surface area contributed by atoms with Crippen LogP contribution in [0.5, 0.6) is 5.88 Å². The van der Waals surface area contributed by atoms with Crippen LogP contribution in [-0.2, 0) is 0 Å². The van der Waals surface area contributed by atoms with Gasteiger partial charge in [-0.15, -0.1) is 11.3 Å². The fourth-order valence-electron chi connectivity index (χ4n) is 3.37. The molecule has 0 aliphatic carbocycles. The fourth-order valence-corrected chi connectivity index (χ4v) is 4.43. The number of hydrogen-bond acceptors (Lipinski definition) is 7. The summed E-state index contributed by atoms with van der Waals surface area (Å²) in [6.07, 6.45) is 5.07. The third-order valence-corrected chi connectivity index (χ3v) is 5.76. The Morgan fingerprint density at radius 3 is 2.96 bits per heavy atom. The van der Waals surface area contributed by atoms with E-state index in [2.05, 4.69) is 20.6 Å². The van der Waals surface area contributed by atoms with Crippen molar-refractivity contribution in [1.82, 2.24) is 15.2 Å². The summed E-state index contributed by atoms with van der Waals surface area (Å²) in [5.41, 5.74) is 1.83. The molecule has 5 rings (SSSR count). The summed E-state index contributed by atoms with van der Waals surface area (Å²) in [5, 5.41) is 8.65. The van der Waals surface area contributed by atoms with Gasteiger partial charge in [-0.05, 0) is 18.2 Å². The molecular weight excluding hydrogens is 362 g/mol. The van der Waals surface area contributed by atoms with Crippen molar-refractivity contribution in [2.24, 2.45) is 4.99 Å². The Labute approximate surface area is 159 Å². The molecule has 0 spiro atoms. The molecule has 0 atom stereocenters. The highest BCUT2D eigenvalue weighted by atomic mass is 32.1. The molecule has 2 aromatic heterocycles. The molecule has 0 radical (unpaired) electrons. The zero-order chi connectivity index (χ0) is 18.2. The lowest BCUT2D eigenvalue weighted by atomic mass is 10.1. The number of carbonyl (C=O) groups is 1. The monoisotopic (exact) mass is 379 g/mol. The maximum atomic E-state index is 12.3. The first-order chi connectivity index (χ1) is 13.3. The number of benzene rings is 1. The Hall–Kier alpha value is -2.97. The van der Waals surface area contributed by atoms with Gasteiger partial charge in [-0.1, -0.05) is 0 Å². The van der Waals surface area contributed by atoms with E-state index in [4.69, 9.17) is 4.74 Å². The number of nitrogens with one attached hydrogen (secondary N) is 2. The van der Waals surface area contributed by atoms with Crippen LogP contribution in [-0.4, -0.2) is 48.4 Å². The summed E-state index contributed by atoms with van der Waals surface area (Å²) in [7, 11) is 0. The molecule has 7 nitrogen and oxygen atoms in total. The van der Waals surface area contributed by atoms with Gasteiger partial charge in [0.15, 0.2) is 0 Å². The van der Waals surface area contributed by atoms with E-state index in [0.29, 0.717) is 19.0 Å². The van der Waals surface area contributed by atoms with Gasteiger partial charge in [0, 0.05) is 66.3 Å². The topological polar surface area (TPSA) is 78.8 Å². The molecule has 2 N–H and O–H groups in total. The van der Waals surface area contributed by atoms with E-state index in [9.17, 15) is 4.79 Å². The standard InChI is InChI=1S/C19H17N5O2S/c25-19(24-9-7-20-8-10-24)26-16-4-1-12-13(23-16)2-3-14-17(12)18-15(27-14)11-21-5-6-22-18/h1-6,11,20,22H,7-10H2. The van der Waals surface area contributed by atoms with Crippen molar-refractivity contribution < 1.29 is 9.53 Å². The molecule has 0 saturated carbocycles. The fraction of sp³-hybridized carbons (Fsp3) is 0.211. The van der Waals surface area contributed by atoms with Crippen LogP contribution in [0.2, 0.25) is 0 Å². The van der Waals surface area contributed by atoms with Crippen LogP contribution in [0.15, 0.2) is 41.7 Å². The van der Waals surface area contributed by atoms with Gasteiger partial charge in [-0.25, -0.2) is 9.78 Å². The lowest BCUT2D eigenvalue weighted by Crippen LogP contribution is -2.47. The average Bonchev–Trinajstić information content (AvgIpc) is 2.90. The number of amides is 1. The maximum Gasteiger partial charge on any atom is 0.416 e. The van der Waals surface area contributed by atoms with Crippen molar-refractivity contribution in [3.8, 4) is 5.88 Å². The number of fused-ring (bicyclic) bond motifs is 5. The number of ether oxygens (including phenoxy) is 1. The van der Waals surface area contributed by atoms with Crippen molar-refractivity contribution in [3.63, 3.8) is 0 Å². The van der Waals surface area contributed by atoms with Crippen molar-refractivity contribution in [1.29, 1.82) is 0 Å². The predicted octanol–water partition coefficient (Wildman–Crippen LogP) is 3.17. The summed E-state index contributed by atoms with van der Waals surface area (Å²) in [4.78, 5) is 23.9. The van der Waals surface area contributed by atoms with Crippen molar-refractivity contribution >= 4 is 50.3 Å². The van der Waals surface area contributed by atoms with Gasteiger partial charge in [0.25, 0.3) is 0 Å². The Morgan fingerprint density at radius 1 is 1.19 bits per heavy atom. The number of carbonyl (C=O) groups excluding carboxylic acids is 1. The van der Waals surface area contributed by atoms with E-state index >= 15 is 0 Å². The highest BCUT2D eigenvalue weighted by molar-refractivity contribution is 7.21. The molecule has 0 unspecified atom stereocenters. The molecular formula is C19H17N5O2S. The van der Waals surface area contributed by atoms with E-state index < -0.39 is 0 Å². The van der Waals surface area contributed by atoms with Crippen LogP contribution in [0.25, 0.3) is 21.0 Å². The maximum absolute atomic E-state index is 12.3. The van der Waals surface area contributed by atoms with Gasteiger partial charge in [0.05, 0.1) is 16.1 Å². The summed E-state index contributed by atoms with van der Waals surface area (Å²) in [6, 6.07) is 7.73. The Bertz CT molecular complexity index is 1100. The Balaban J connectivity index is 1.52. The number of nitrogens with zero attached hydrogens (tertiary/aromatic N) is 3. The molecule has 2 aliphatic rings. The zero-order valence-electron chi connectivity index (χ0n) is 14.4. The first-order valence-corrected chi connectivity index (χ1v) is 9.60. The second-order valence-electron chi connectivity index (χ2n) is 6.34. The van der Waals surface area contributed by atoms with E-state index in [0.717, 1.165) is 44.6 Å². The molecule has 8 heteroatoms. The van der Waals surface area contributed by atoms with Crippen molar-refractivity contribution in [2.45, 2.75) is 0 Å². The second kappa shape index (κ2) is 6.64. The second-order valence-corrected chi connectivity index (χ2v) is 7.42. The summed E-state index contributed by atoms with van der Waals surface area (Å²) in [6.45, 7) is 2.86. The minimum absolute atomic E-state index is 0.320. The lowest BCUT2D eigenvalue weighted by molar-refractivity contribution is 0.144. The summed E-state index contributed by atoms with van der Waals surface area (Å²) < 4.78 is 6.65. The number of thiophene rings is 1. The van der Waals surface area contributed by atoms with Gasteiger partial charge < -0.3 is 20.3 Å². The number of aromatic nitrogens is 1. The third-order valence-electron chi connectivity index (χ3n) is 4.67. The summed E-state index contributed by atoms with van der Waals surface area (Å²) >= 11 is 1.68. The average molecular weight is 379 g/mol. The Morgan fingerprint density at radius 2 is 2.07 bits per heavy atom. The molecule has 2 aliphatic heterocycles. The lowest BCUT2D eigenvalue weighted by Gasteiger charge is -2.26. The predicted molar refractivity (Wildman–Crippen MR) is 108 cm³/mol. The van der Waals surface area contributed by atoms with E-state index in [-0.39, 0.29) is 6.09 Å². The van der Waals surface area contributed by atoms with Gasteiger partial charge >= 0.3 is 6.09 Å². The zero-order valence-corrected chi connectivity index (χ0v) is 15.3. The number of pyridine rings is 1. The molecule has 136 valence electrons. The normalized spacial score (nSPS) is 16.2. The van der Waals surface area contributed by atoms with Gasteiger partial charge in [-0.2, -0.15) is 0 Å². The molecule has 0 bridgehead atoms. The largest absolute Gasteiger partial charge is 0.416 e. The molecule has 3 aromatic rings. The van der Waals surface area contributed by atoms with E-state index in [1.54, 1.807) is 28.5 Å². The molecule has 4 heterocycles. The SMILES string of the molecule is O=C(Oc1ccc2c(ccc3sc4c(c32)NC=CN=C4)n1)N1CCNCC1. The first kappa shape index (κ1) is 16.2. The van der Waals surface area contributed by atoms with Crippen molar-refractivity contribution in [3.05, 3.63) is 41.5 Å². The highest BCUT2D eigenvalue weighted by Crippen LogP contribution is 2.40. The van der Waals surface area contributed by atoms with Gasteiger partial charge in [-0.3, -0.25) is 4.99 Å². The highest BCUT2D eigenvalue weighted by Gasteiger charge is 2.19. The molecule has 1 saturated heterocycles. The van der Waals surface area contributed by atoms with Crippen LogP contribution in [0, 0.1) is 0 Å². The minimum atomic E-state index is -0.350. The van der Waals surface area contributed by atoms with Gasteiger partial charge in [0.2, 0.25) is 5.88 Å². The number of rotatable bonds is 1. The number of anilines is 1. The van der Waals surface area contributed by atoms with E-state index in [1.165, 1.54) is 0 Å². The van der Waals surface area contributed by atoms with Crippen LogP contribution < -0.4 is 15.4 Å². The van der Waals surface area contributed by atoms with Crippen LogP contribution in [0.3, 0.4) is 0 Å². The number of piperazine rings is 1.